The predicted molar refractivity (Wildman–Crippen MR) is 93.9 cm³/mol. The van der Waals surface area contributed by atoms with E-state index >= 15 is 0 Å². The van der Waals surface area contributed by atoms with Crippen molar-refractivity contribution in [2.24, 2.45) is 0 Å². The van der Waals surface area contributed by atoms with Gasteiger partial charge in [-0.1, -0.05) is 6.58 Å². The summed E-state index contributed by atoms with van der Waals surface area (Å²) in [6.07, 6.45) is -0.958. The molecule has 5 nitrogen and oxygen atoms in total. The van der Waals surface area contributed by atoms with E-state index < -0.39 is 18.2 Å². The van der Waals surface area contributed by atoms with Crippen molar-refractivity contribution in [3.63, 3.8) is 0 Å². The Morgan fingerprint density at radius 1 is 1.24 bits per heavy atom. The van der Waals surface area contributed by atoms with Gasteiger partial charge in [-0.25, -0.2) is 9.59 Å². The molecule has 0 aliphatic heterocycles. The molecule has 0 heterocycles. The van der Waals surface area contributed by atoms with Gasteiger partial charge in [0.2, 0.25) is 6.29 Å². The molecule has 0 saturated carbocycles. The summed E-state index contributed by atoms with van der Waals surface area (Å²) in [7, 11) is 1.36. The largest absolute Gasteiger partial charge is 0.455 e. The van der Waals surface area contributed by atoms with Crippen molar-refractivity contribution in [3.8, 4) is 0 Å². The molecule has 1 aromatic rings. The fraction of sp³-hybridized carbons (Fsp3) is 0.286. The van der Waals surface area contributed by atoms with E-state index in [0.717, 1.165) is 7.14 Å². The molecule has 21 heavy (non-hydrogen) atoms. The van der Waals surface area contributed by atoms with Crippen molar-refractivity contribution in [3.05, 3.63) is 43.1 Å². The van der Waals surface area contributed by atoms with Gasteiger partial charge in [0.15, 0.2) is 6.61 Å². The molecular weight excluding hydrogens is 502 g/mol. The number of halogens is 2. The fourth-order valence-corrected chi connectivity index (χ4v) is 3.21. The van der Waals surface area contributed by atoms with Crippen molar-refractivity contribution >= 4 is 57.1 Å². The molecule has 1 unspecified atom stereocenters. The van der Waals surface area contributed by atoms with Crippen molar-refractivity contribution in [2.75, 3.05) is 13.7 Å². The Labute approximate surface area is 150 Å². The van der Waals surface area contributed by atoms with E-state index in [1.165, 1.54) is 14.0 Å². The molecule has 0 aromatic heterocycles. The standard InChI is InChI=1S/C14H14I2O5/c1-8(2)13(17)21-12(19-3)7-20-14(18)9-4-10(15)6-11(16)5-9/h4-6,12H,1,7H2,2-3H3. The first-order chi connectivity index (χ1) is 9.83. The summed E-state index contributed by atoms with van der Waals surface area (Å²) >= 11 is 4.24. The molecule has 0 fully saturated rings. The second-order valence-electron chi connectivity index (χ2n) is 4.11. The van der Waals surface area contributed by atoms with Crippen molar-refractivity contribution in [1.82, 2.24) is 0 Å². The third-order valence-corrected chi connectivity index (χ3v) is 3.54. The van der Waals surface area contributed by atoms with Crippen LogP contribution in [0.2, 0.25) is 0 Å². The van der Waals surface area contributed by atoms with Crippen molar-refractivity contribution < 1.29 is 23.8 Å². The Hall–Kier alpha value is -0.680. The molecule has 1 aromatic carbocycles. The minimum atomic E-state index is -0.958. The average molecular weight is 516 g/mol. The quantitative estimate of drug-likeness (QED) is 0.252. The third kappa shape index (κ3) is 6.30. The van der Waals surface area contributed by atoms with Gasteiger partial charge in [0.05, 0.1) is 5.56 Å². The average Bonchev–Trinajstić information content (AvgIpc) is 2.41. The van der Waals surface area contributed by atoms with E-state index in [0.29, 0.717) is 5.56 Å². The lowest BCUT2D eigenvalue weighted by Gasteiger charge is -2.16. The molecule has 0 aliphatic rings. The first kappa shape index (κ1) is 18.4. The number of benzene rings is 1. The third-order valence-electron chi connectivity index (χ3n) is 2.30. The lowest BCUT2D eigenvalue weighted by Crippen LogP contribution is -2.27. The highest BCUT2D eigenvalue weighted by Crippen LogP contribution is 2.15. The first-order valence-electron chi connectivity index (χ1n) is 5.86. The number of rotatable bonds is 6. The maximum absolute atomic E-state index is 11.9. The van der Waals surface area contributed by atoms with Gasteiger partial charge in [-0.05, 0) is 70.3 Å². The number of hydrogen-bond acceptors (Lipinski definition) is 5. The van der Waals surface area contributed by atoms with E-state index in [1.807, 2.05) is 6.07 Å². The number of methoxy groups -OCH3 is 1. The van der Waals surface area contributed by atoms with Gasteiger partial charge in [-0.2, -0.15) is 0 Å². The normalized spacial score (nSPS) is 11.6. The second-order valence-corrected chi connectivity index (χ2v) is 6.60. The topological polar surface area (TPSA) is 61.8 Å². The maximum Gasteiger partial charge on any atom is 0.338 e. The Bertz CT molecular complexity index is 536. The summed E-state index contributed by atoms with van der Waals surface area (Å²) in [4.78, 5) is 23.3. The van der Waals surface area contributed by atoms with E-state index in [9.17, 15) is 9.59 Å². The van der Waals surface area contributed by atoms with E-state index in [4.69, 9.17) is 14.2 Å². The lowest BCUT2D eigenvalue weighted by molar-refractivity contribution is -0.176. The number of carbonyl (C=O) groups excluding carboxylic acids is 2. The van der Waals surface area contributed by atoms with Crippen LogP contribution in [0.5, 0.6) is 0 Å². The van der Waals surface area contributed by atoms with Crippen LogP contribution in [0.15, 0.2) is 30.4 Å². The Kier molecular flexibility index (Phi) is 7.60. The van der Waals surface area contributed by atoms with E-state index in [2.05, 4.69) is 51.8 Å². The highest BCUT2D eigenvalue weighted by Gasteiger charge is 2.17. The number of esters is 2. The van der Waals surface area contributed by atoms with Crippen molar-refractivity contribution in [2.45, 2.75) is 13.2 Å². The summed E-state index contributed by atoms with van der Waals surface area (Å²) in [6.45, 7) is 4.80. The van der Waals surface area contributed by atoms with Gasteiger partial charge in [0.25, 0.3) is 0 Å². The molecule has 0 radical (unpaired) electrons. The van der Waals surface area contributed by atoms with Crippen LogP contribution < -0.4 is 0 Å². The zero-order valence-electron chi connectivity index (χ0n) is 11.5. The molecule has 0 saturated heterocycles. The van der Waals surface area contributed by atoms with E-state index in [1.54, 1.807) is 12.1 Å². The van der Waals surface area contributed by atoms with Crippen LogP contribution in [0.25, 0.3) is 0 Å². The van der Waals surface area contributed by atoms with E-state index in [-0.39, 0.29) is 12.2 Å². The second kappa shape index (κ2) is 8.69. The molecule has 114 valence electrons. The molecule has 1 rings (SSSR count). The molecule has 0 amide bonds. The predicted octanol–water partition coefficient (Wildman–Crippen LogP) is 3.14. The van der Waals surface area contributed by atoms with Gasteiger partial charge in [0.1, 0.15) is 0 Å². The van der Waals surface area contributed by atoms with Crippen LogP contribution in [0, 0.1) is 7.14 Å². The number of ether oxygens (including phenoxy) is 3. The summed E-state index contributed by atoms with van der Waals surface area (Å²) in [5, 5.41) is 0. The zero-order valence-corrected chi connectivity index (χ0v) is 15.8. The summed E-state index contributed by atoms with van der Waals surface area (Å²) in [5.74, 6) is -1.10. The molecule has 1 atom stereocenters. The summed E-state index contributed by atoms with van der Waals surface area (Å²) < 4.78 is 16.9. The maximum atomic E-state index is 11.9. The van der Waals surface area contributed by atoms with Gasteiger partial charge in [0, 0.05) is 19.8 Å². The molecule has 0 spiro atoms. The van der Waals surface area contributed by atoms with Gasteiger partial charge < -0.3 is 14.2 Å². The Morgan fingerprint density at radius 3 is 2.29 bits per heavy atom. The van der Waals surface area contributed by atoms with Crippen molar-refractivity contribution in [1.29, 1.82) is 0 Å². The highest BCUT2D eigenvalue weighted by atomic mass is 127. The monoisotopic (exact) mass is 516 g/mol. The fourth-order valence-electron chi connectivity index (χ4n) is 1.27. The first-order valence-corrected chi connectivity index (χ1v) is 8.01. The van der Waals surface area contributed by atoms with Crippen LogP contribution >= 0.6 is 45.2 Å². The number of carbonyl (C=O) groups is 2. The van der Waals surface area contributed by atoms with Crippen LogP contribution in [0.4, 0.5) is 0 Å². The van der Waals surface area contributed by atoms with Crippen LogP contribution in [0.1, 0.15) is 17.3 Å². The molecule has 7 heteroatoms. The molecule has 0 aliphatic carbocycles. The minimum absolute atomic E-state index is 0.184. The lowest BCUT2D eigenvalue weighted by atomic mass is 10.2. The van der Waals surface area contributed by atoms with Gasteiger partial charge in [-0.15, -0.1) is 0 Å². The van der Waals surface area contributed by atoms with Crippen LogP contribution in [-0.2, 0) is 19.0 Å². The number of hydrogen-bond donors (Lipinski definition) is 0. The van der Waals surface area contributed by atoms with Gasteiger partial charge >= 0.3 is 11.9 Å². The summed E-state index contributed by atoms with van der Waals surface area (Å²) in [6, 6.07) is 5.37. The zero-order chi connectivity index (χ0) is 16.0. The van der Waals surface area contributed by atoms with Crippen LogP contribution in [0.3, 0.4) is 0 Å². The highest BCUT2D eigenvalue weighted by molar-refractivity contribution is 14.1. The smallest absolute Gasteiger partial charge is 0.338 e. The Morgan fingerprint density at radius 2 is 1.81 bits per heavy atom. The SMILES string of the molecule is C=C(C)C(=O)OC(COC(=O)c1cc(I)cc(I)c1)OC. The summed E-state index contributed by atoms with van der Waals surface area (Å²) in [5.41, 5.74) is 0.683. The van der Waals surface area contributed by atoms with Crippen LogP contribution in [-0.4, -0.2) is 31.9 Å². The molecule has 0 N–H and O–H groups in total. The molecule has 0 bridgehead atoms. The molecular formula is C14H14I2O5. The minimum Gasteiger partial charge on any atom is -0.455 e. The Balaban J connectivity index is 2.61. The van der Waals surface area contributed by atoms with Gasteiger partial charge in [-0.3, -0.25) is 0 Å².